The molecule has 1 amide bonds. The van der Waals surface area contributed by atoms with Crippen LogP contribution in [0.5, 0.6) is 0 Å². The molecule has 0 bridgehead atoms. The predicted molar refractivity (Wildman–Crippen MR) is 128 cm³/mol. The molecular weight excluding hydrogens is 434 g/mol. The fourth-order valence-electron chi connectivity index (χ4n) is 4.08. The van der Waals surface area contributed by atoms with E-state index < -0.39 is 12.0 Å². The number of carbonyl (C=O) groups excluding carboxylic acids is 1. The van der Waals surface area contributed by atoms with Gasteiger partial charge in [0.05, 0.1) is 11.2 Å². The van der Waals surface area contributed by atoms with Gasteiger partial charge in [-0.25, -0.2) is 14.6 Å². The van der Waals surface area contributed by atoms with Crippen LogP contribution in [-0.4, -0.2) is 75.0 Å². The quantitative estimate of drug-likeness (QED) is 0.480. The Morgan fingerprint density at radius 2 is 1.79 bits per heavy atom. The molecule has 4 aromatic rings. The second kappa shape index (κ2) is 8.91. The Morgan fingerprint density at radius 1 is 1.00 bits per heavy atom. The summed E-state index contributed by atoms with van der Waals surface area (Å²) in [6, 6.07) is 11.9. The van der Waals surface area contributed by atoms with Gasteiger partial charge in [-0.15, -0.1) is 0 Å². The van der Waals surface area contributed by atoms with Gasteiger partial charge < -0.3 is 20.2 Å². The molecule has 1 aliphatic heterocycles. The van der Waals surface area contributed by atoms with Gasteiger partial charge in [-0.2, -0.15) is 9.78 Å². The summed E-state index contributed by atoms with van der Waals surface area (Å²) in [5.74, 6) is -0.530. The summed E-state index contributed by atoms with van der Waals surface area (Å²) in [5.41, 5.74) is 2.37. The molecule has 4 heterocycles. The molecule has 0 radical (unpaired) electrons. The van der Waals surface area contributed by atoms with E-state index in [0.717, 1.165) is 42.0 Å². The topological polar surface area (TPSA) is 116 Å². The molecule has 1 fully saturated rings. The highest BCUT2D eigenvalue weighted by atomic mass is 16.4. The van der Waals surface area contributed by atoms with Crippen molar-refractivity contribution in [2.45, 2.75) is 0 Å². The van der Waals surface area contributed by atoms with Crippen molar-refractivity contribution in [1.82, 2.24) is 24.6 Å². The monoisotopic (exact) mass is 457 g/mol. The summed E-state index contributed by atoms with van der Waals surface area (Å²) in [7, 11) is 2.07. The zero-order valence-corrected chi connectivity index (χ0v) is 18.5. The Balaban J connectivity index is 1.49. The molecule has 0 saturated carbocycles. The van der Waals surface area contributed by atoms with Crippen LogP contribution >= 0.6 is 0 Å². The van der Waals surface area contributed by atoms with Crippen molar-refractivity contribution in [1.29, 1.82) is 0 Å². The van der Waals surface area contributed by atoms with Crippen molar-refractivity contribution >= 4 is 34.4 Å². The van der Waals surface area contributed by atoms with Crippen LogP contribution in [0.25, 0.3) is 22.0 Å². The van der Waals surface area contributed by atoms with Gasteiger partial charge in [0, 0.05) is 55.7 Å². The van der Waals surface area contributed by atoms with Gasteiger partial charge in [-0.1, -0.05) is 12.1 Å². The van der Waals surface area contributed by atoms with Crippen molar-refractivity contribution < 1.29 is 14.7 Å². The Morgan fingerprint density at radius 3 is 2.53 bits per heavy atom. The number of fused-ring (bicyclic) bond motifs is 1. The van der Waals surface area contributed by atoms with Crippen LogP contribution in [-0.2, 0) is 0 Å². The van der Waals surface area contributed by atoms with E-state index in [1.54, 1.807) is 48.9 Å². The fourth-order valence-corrected chi connectivity index (χ4v) is 4.08. The predicted octanol–water partition coefficient (Wildman–Crippen LogP) is 3.02. The number of pyridine rings is 2. The fraction of sp³-hybridized carbons (Fsp3) is 0.208. The van der Waals surface area contributed by atoms with Crippen molar-refractivity contribution in [3.8, 4) is 11.1 Å². The number of hydrogen-bond acceptors (Lipinski definition) is 7. The van der Waals surface area contributed by atoms with Crippen molar-refractivity contribution in [2.24, 2.45) is 0 Å². The Hall–Kier alpha value is -4.31. The number of aromatic carboxylic acids is 1. The zero-order chi connectivity index (χ0) is 23.7. The average Bonchev–Trinajstić information content (AvgIpc) is 3.25. The van der Waals surface area contributed by atoms with E-state index in [-0.39, 0.29) is 5.69 Å². The maximum atomic E-state index is 13.2. The number of aromatic nitrogens is 4. The van der Waals surface area contributed by atoms with E-state index in [1.165, 1.54) is 0 Å². The SMILES string of the molecule is CN1CCN(c2ncccc2NC(=O)n2nc(C(=O)O)c3cc(-c4cccnc4)ccc32)CC1. The normalized spacial score (nSPS) is 14.3. The van der Waals surface area contributed by atoms with Gasteiger partial charge in [-0.3, -0.25) is 4.98 Å². The molecule has 1 aliphatic rings. The molecule has 1 saturated heterocycles. The third kappa shape index (κ3) is 4.06. The van der Waals surface area contributed by atoms with Crippen LogP contribution in [0.2, 0.25) is 0 Å². The molecule has 10 heteroatoms. The number of rotatable bonds is 4. The van der Waals surface area contributed by atoms with E-state index in [1.807, 2.05) is 12.1 Å². The first-order valence-corrected chi connectivity index (χ1v) is 10.9. The second-order valence-electron chi connectivity index (χ2n) is 8.13. The average molecular weight is 457 g/mol. The molecule has 0 spiro atoms. The largest absolute Gasteiger partial charge is 0.476 e. The first-order chi connectivity index (χ1) is 16.5. The third-order valence-electron chi connectivity index (χ3n) is 5.90. The van der Waals surface area contributed by atoms with Gasteiger partial charge >= 0.3 is 12.0 Å². The number of anilines is 2. The van der Waals surface area contributed by atoms with Crippen LogP contribution in [0, 0.1) is 0 Å². The number of piperazine rings is 1. The molecule has 0 atom stereocenters. The summed E-state index contributed by atoms with van der Waals surface area (Å²) in [6.45, 7) is 3.38. The van der Waals surface area contributed by atoms with Crippen LogP contribution < -0.4 is 10.2 Å². The summed E-state index contributed by atoms with van der Waals surface area (Å²) in [6.07, 6.45) is 5.05. The maximum Gasteiger partial charge on any atom is 0.357 e. The highest BCUT2D eigenvalue weighted by Gasteiger charge is 2.23. The van der Waals surface area contributed by atoms with Crippen LogP contribution in [0.1, 0.15) is 10.5 Å². The van der Waals surface area contributed by atoms with E-state index in [4.69, 9.17) is 0 Å². The lowest BCUT2D eigenvalue weighted by atomic mass is 10.0. The molecule has 3 aromatic heterocycles. The van der Waals surface area contributed by atoms with E-state index >= 15 is 0 Å². The highest BCUT2D eigenvalue weighted by Crippen LogP contribution is 2.28. The van der Waals surface area contributed by atoms with Crippen LogP contribution in [0.4, 0.5) is 16.3 Å². The molecule has 2 N–H and O–H groups in total. The first kappa shape index (κ1) is 21.5. The number of likely N-dealkylation sites (N-methyl/N-ethyl adjacent to an activating group) is 1. The highest BCUT2D eigenvalue weighted by molar-refractivity contribution is 6.07. The van der Waals surface area contributed by atoms with Gasteiger partial charge in [0.1, 0.15) is 0 Å². The minimum Gasteiger partial charge on any atom is -0.476 e. The number of hydrogen-bond donors (Lipinski definition) is 2. The lowest BCUT2D eigenvalue weighted by Crippen LogP contribution is -2.45. The molecule has 34 heavy (non-hydrogen) atoms. The number of benzene rings is 1. The lowest BCUT2D eigenvalue weighted by molar-refractivity contribution is 0.0692. The van der Waals surface area contributed by atoms with E-state index in [9.17, 15) is 14.7 Å². The number of amides is 1. The number of carboxylic acid groups (broad SMARTS) is 1. The minimum atomic E-state index is -1.21. The number of nitrogens with one attached hydrogen (secondary N) is 1. The van der Waals surface area contributed by atoms with E-state index in [0.29, 0.717) is 22.4 Å². The summed E-state index contributed by atoms with van der Waals surface area (Å²) in [5, 5.41) is 17.1. The van der Waals surface area contributed by atoms with Gasteiger partial charge in [0.15, 0.2) is 11.5 Å². The summed E-state index contributed by atoms with van der Waals surface area (Å²) >= 11 is 0. The van der Waals surface area contributed by atoms with Crippen molar-refractivity contribution in [3.05, 3.63) is 66.7 Å². The molecule has 0 aliphatic carbocycles. The molecule has 0 unspecified atom stereocenters. The smallest absolute Gasteiger partial charge is 0.357 e. The molecule has 172 valence electrons. The summed E-state index contributed by atoms with van der Waals surface area (Å²) in [4.78, 5) is 38.1. The Labute approximate surface area is 195 Å². The molecule has 1 aromatic carbocycles. The third-order valence-corrected chi connectivity index (χ3v) is 5.90. The van der Waals surface area contributed by atoms with Crippen molar-refractivity contribution in [3.63, 3.8) is 0 Å². The first-order valence-electron chi connectivity index (χ1n) is 10.9. The maximum absolute atomic E-state index is 13.2. The van der Waals surface area contributed by atoms with Gasteiger partial charge in [0.2, 0.25) is 0 Å². The molecule has 10 nitrogen and oxygen atoms in total. The lowest BCUT2D eigenvalue weighted by Gasteiger charge is -2.34. The van der Waals surface area contributed by atoms with Gasteiger partial charge in [-0.05, 0) is 42.9 Å². The molecular formula is C24H23N7O3. The Kier molecular flexibility index (Phi) is 5.64. The summed E-state index contributed by atoms with van der Waals surface area (Å²) < 4.78 is 1.09. The van der Waals surface area contributed by atoms with Gasteiger partial charge in [0.25, 0.3) is 0 Å². The second-order valence-corrected chi connectivity index (χ2v) is 8.13. The van der Waals surface area contributed by atoms with Crippen LogP contribution in [0.15, 0.2) is 61.1 Å². The zero-order valence-electron chi connectivity index (χ0n) is 18.5. The van der Waals surface area contributed by atoms with Crippen molar-refractivity contribution in [2.75, 3.05) is 43.4 Å². The number of carbonyl (C=O) groups is 2. The van der Waals surface area contributed by atoms with E-state index in [2.05, 4.69) is 37.2 Å². The number of carboxylic acids is 1. The number of nitrogens with zero attached hydrogens (tertiary/aromatic N) is 6. The minimum absolute atomic E-state index is 0.193. The Bertz CT molecular complexity index is 1360. The standard InChI is InChI=1S/C24H23N7O3/c1-29-10-12-30(13-11-29)22-19(5-3-9-26-22)27-24(34)31-20-7-6-16(17-4-2-8-25-15-17)14-18(20)21(28-31)23(32)33/h2-9,14-15H,10-13H2,1H3,(H,27,34)(H,32,33). The van der Waals surface area contributed by atoms with Crippen LogP contribution in [0.3, 0.4) is 0 Å². The molecule has 5 rings (SSSR count).